The van der Waals surface area contributed by atoms with E-state index in [1.807, 2.05) is 43.3 Å². The lowest BCUT2D eigenvalue weighted by molar-refractivity contribution is 0.0603. The second-order valence-electron chi connectivity index (χ2n) is 4.39. The highest BCUT2D eigenvalue weighted by Gasteiger charge is 2.10. The third-order valence-corrected chi connectivity index (χ3v) is 3.05. The number of hydrogen-bond donors (Lipinski definition) is 0. The quantitative estimate of drug-likeness (QED) is 0.468. The van der Waals surface area contributed by atoms with E-state index >= 15 is 0 Å². The number of benzene rings is 2. The molecular formula is C17H18O3. The van der Waals surface area contributed by atoms with Crippen LogP contribution in [0.3, 0.4) is 0 Å². The largest absolute Gasteiger partial charge is 0.493 e. The van der Waals surface area contributed by atoms with Crippen molar-refractivity contribution in [3.63, 3.8) is 0 Å². The summed E-state index contributed by atoms with van der Waals surface area (Å²) in [5.74, 6) is 0.487. The van der Waals surface area contributed by atoms with Crippen LogP contribution in [-0.2, 0) is 4.74 Å². The Balaban J connectivity index is 2.24. The fraction of sp³-hybridized carbons (Fsp3) is 0.235. The Morgan fingerprint density at radius 2 is 2.10 bits per heavy atom. The van der Waals surface area contributed by atoms with Gasteiger partial charge in [-0.15, -0.1) is 0 Å². The van der Waals surface area contributed by atoms with E-state index in [-0.39, 0.29) is 5.97 Å². The molecule has 0 spiro atoms. The number of carbonyl (C=O) groups is 1. The number of fused-ring (bicyclic) bond motifs is 1. The van der Waals surface area contributed by atoms with E-state index in [1.165, 1.54) is 7.11 Å². The Bertz CT molecular complexity index is 629. The molecule has 0 aliphatic carbocycles. The Morgan fingerprint density at radius 1 is 1.25 bits per heavy atom. The molecule has 0 radical (unpaired) electrons. The molecule has 0 amide bonds. The number of methoxy groups -OCH3 is 1. The van der Waals surface area contributed by atoms with Gasteiger partial charge in [-0.1, -0.05) is 24.3 Å². The fourth-order valence-corrected chi connectivity index (χ4v) is 2.05. The maximum Gasteiger partial charge on any atom is 0.338 e. The van der Waals surface area contributed by atoms with Crippen LogP contribution in [0, 0.1) is 0 Å². The normalized spacial score (nSPS) is 10.9. The van der Waals surface area contributed by atoms with Crippen LogP contribution in [-0.4, -0.2) is 19.7 Å². The highest BCUT2D eigenvalue weighted by molar-refractivity contribution is 6.04. The standard InChI is InChI=1S/C17H18O3/c1-3-4-5-11-20-14-9-10-15-13(12-14)7-6-8-16(15)17(18)19-2/h3-4,6-10,12H,5,11H2,1-2H3/b4-3+. The molecule has 0 heterocycles. The van der Waals surface area contributed by atoms with Gasteiger partial charge in [-0.2, -0.15) is 0 Å². The smallest absolute Gasteiger partial charge is 0.338 e. The Hall–Kier alpha value is -2.29. The highest BCUT2D eigenvalue weighted by Crippen LogP contribution is 2.24. The highest BCUT2D eigenvalue weighted by atomic mass is 16.5. The average molecular weight is 270 g/mol. The number of ether oxygens (including phenoxy) is 2. The summed E-state index contributed by atoms with van der Waals surface area (Å²) < 4.78 is 10.5. The monoisotopic (exact) mass is 270 g/mol. The summed E-state index contributed by atoms with van der Waals surface area (Å²) in [6.07, 6.45) is 4.96. The lowest BCUT2D eigenvalue weighted by atomic mass is 10.0. The van der Waals surface area contributed by atoms with E-state index < -0.39 is 0 Å². The Kier molecular flexibility index (Phi) is 4.77. The molecule has 20 heavy (non-hydrogen) atoms. The van der Waals surface area contributed by atoms with Gasteiger partial charge in [0, 0.05) is 0 Å². The summed E-state index contributed by atoms with van der Waals surface area (Å²) in [6.45, 7) is 2.64. The zero-order chi connectivity index (χ0) is 14.4. The first-order valence-electron chi connectivity index (χ1n) is 6.61. The van der Waals surface area contributed by atoms with Gasteiger partial charge in [0.1, 0.15) is 5.75 Å². The van der Waals surface area contributed by atoms with E-state index in [9.17, 15) is 4.79 Å². The second-order valence-corrected chi connectivity index (χ2v) is 4.39. The molecule has 0 bridgehead atoms. The predicted molar refractivity (Wildman–Crippen MR) is 80.2 cm³/mol. The molecule has 0 saturated carbocycles. The maximum atomic E-state index is 11.7. The molecule has 0 unspecified atom stereocenters. The van der Waals surface area contributed by atoms with Crippen molar-refractivity contribution in [1.82, 2.24) is 0 Å². The Morgan fingerprint density at radius 3 is 2.85 bits per heavy atom. The summed E-state index contributed by atoms with van der Waals surface area (Å²) in [5, 5.41) is 1.84. The first kappa shape index (κ1) is 14.1. The van der Waals surface area contributed by atoms with Crippen molar-refractivity contribution in [2.24, 2.45) is 0 Å². The minimum Gasteiger partial charge on any atom is -0.493 e. The summed E-state index contributed by atoms with van der Waals surface area (Å²) in [5.41, 5.74) is 0.575. The van der Waals surface area contributed by atoms with Gasteiger partial charge < -0.3 is 9.47 Å². The third kappa shape index (κ3) is 3.18. The molecule has 0 aliphatic rings. The lowest BCUT2D eigenvalue weighted by Crippen LogP contribution is -2.02. The van der Waals surface area contributed by atoms with Crippen LogP contribution in [0.1, 0.15) is 23.7 Å². The van der Waals surface area contributed by atoms with Gasteiger partial charge in [0.15, 0.2) is 0 Å². The van der Waals surface area contributed by atoms with Gasteiger partial charge in [-0.3, -0.25) is 0 Å². The van der Waals surface area contributed by atoms with E-state index in [1.54, 1.807) is 6.07 Å². The van der Waals surface area contributed by atoms with Gasteiger partial charge in [-0.05, 0) is 48.4 Å². The third-order valence-electron chi connectivity index (χ3n) is 3.05. The van der Waals surface area contributed by atoms with Crippen LogP contribution in [0.25, 0.3) is 10.8 Å². The zero-order valence-electron chi connectivity index (χ0n) is 11.8. The van der Waals surface area contributed by atoms with E-state index in [4.69, 9.17) is 9.47 Å². The van der Waals surface area contributed by atoms with Crippen molar-refractivity contribution >= 4 is 16.7 Å². The first-order valence-corrected chi connectivity index (χ1v) is 6.61. The van der Waals surface area contributed by atoms with Crippen LogP contribution < -0.4 is 4.74 Å². The summed E-state index contributed by atoms with van der Waals surface area (Å²) in [4.78, 5) is 11.7. The summed E-state index contributed by atoms with van der Waals surface area (Å²) in [7, 11) is 1.39. The lowest BCUT2D eigenvalue weighted by Gasteiger charge is -2.08. The van der Waals surface area contributed by atoms with E-state index in [0.29, 0.717) is 12.2 Å². The van der Waals surface area contributed by atoms with Gasteiger partial charge in [0.2, 0.25) is 0 Å². The molecule has 0 aliphatic heterocycles. The number of allylic oxidation sites excluding steroid dienone is 1. The molecular weight excluding hydrogens is 252 g/mol. The molecule has 0 fully saturated rings. The molecule has 104 valence electrons. The van der Waals surface area contributed by atoms with E-state index in [0.717, 1.165) is 22.9 Å². The molecule has 0 saturated heterocycles. The topological polar surface area (TPSA) is 35.5 Å². The molecule has 2 rings (SSSR count). The van der Waals surface area contributed by atoms with Gasteiger partial charge in [0.05, 0.1) is 19.3 Å². The first-order chi connectivity index (χ1) is 9.76. The van der Waals surface area contributed by atoms with Gasteiger partial charge >= 0.3 is 5.97 Å². The number of rotatable bonds is 5. The molecule has 2 aromatic carbocycles. The van der Waals surface area contributed by atoms with Gasteiger partial charge in [0.25, 0.3) is 0 Å². The van der Waals surface area contributed by atoms with Crippen molar-refractivity contribution in [3.05, 3.63) is 54.1 Å². The molecule has 0 aromatic heterocycles. The van der Waals surface area contributed by atoms with Crippen LogP contribution in [0.5, 0.6) is 5.75 Å². The average Bonchev–Trinajstić information content (AvgIpc) is 2.50. The van der Waals surface area contributed by atoms with Crippen molar-refractivity contribution in [1.29, 1.82) is 0 Å². The van der Waals surface area contributed by atoms with Gasteiger partial charge in [-0.25, -0.2) is 4.79 Å². The number of esters is 1. The fourth-order valence-electron chi connectivity index (χ4n) is 2.05. The van der Waals surface area contributed by atoms with Crippen molar-refractivity contribution in [3.8, 4) is 5.75 Å². The molecule has 3 heteroatoms. The maximum absolute atomic E-state index is 11.7. The van der Waals surface area contributed by atoms with E-state index in [2.05, 4.69) is 6.08 Å². The van der Waals surface area contributed by atoms with Crippen LogP contribution in [0.15, 0.2) is 48.6 Å². The van der Waals surface area contributed by atoms with Crippen molar-refractivity contribution in [2.45, 2.75) is 13.3 Å². The minimum atomic E-state index is -0.322. The summed E-state index contributed by atoms with van der Waals surface area (Å²) in [6, 6.07) is 11.3. The van der Waals surface area contributed by atoms with Crippen LogP contribution in [0.4, 0.5) is 0 Å². The molecule has 0 atom stereocenters. The minimum absolute atomic E-state index is 0.322. The Labute approximate surface area is 118 Å². The predicted octanol–water partition coefficient (Wildman–Crippen LogP) is 3.97. The van der Waals surface area contributed by atoms with Crippen LogP contribution in [0.2, 0.25) is 0 Å². The second kappa shape index (κ2) is 6.75. The number of carbonyl (C=O) groups excluding carboxylic acids is 1. The molecule has 0 N–H and O–H groups in total. The van der Waals surface area contributed by atoms with Crippen LogP contribution >= 0.6 is 0 Å². The molecule has 3 nitrogen and oxygen atoms in total. The SMILES string of the molecule is C/C=C/CCOc1ccc2c(C(=O)OC)cccc2c1. The summed E-state index contributed by atoms with van der Waals surface area (Å²) >= 11 is 0. The zero-order valence-corrected chi connectivity index (χ0v) is 11.8. The molecule has 2 aromatic rings. The van der Waals surface area contributed by atoms with Crippen molar-refractivity contribution in [2.75, 3.05) is 13.7 Å². The van der Waals surface area contributed by atoms with Crippen molar-refractivity contribution < 1.29 is 14.3 Å². The number of hydrogen-bond acceptors (Lipinski definition) is 3.